The maximum absolute atomic E-state index is 13.2. The molecule has 3 aromatic carbocycles. The fourth-order valence-electron chi connectivity index (χ4n) is 3.24. The minimum atomic E-state index is -1.02. The van der Waals surface area contributed by atoms with Gasteiger partial charge in [0, 0.05) is 22.0 Å². The number of Topliss-reactive ketones (excluding diaryl/α,β-unsaturated/α-hetero) is 1. The van der Waals surface area contributed by atoms with Crippen LogP contribution in [0.3, 0.4) is 0 Å². The third kappa shape index (κ3) is 3.97. The van der Waals surface area contributed by atoms with E-state index in [2.05, 4.69) is 4.98 Å². The third-order valence-corrected chi connectivity index (χ3v) is 4.93. The number of fused-ring (bicyclic) bond motifs is 1. The van der Waals surface area contributed by atoms with Crippen LogP contribution in [-0.4, -0.2) is 16.7 Å². The highest BCUT2D eigenvalue weighted by Gasteiger charge is 2.27. The molecule has 0 saturated carbocycles. The maximum Gasteiger partial charge on any atom is 0.355 e. The van der Waals surface area contributed by atoms with Crippen molar-refractivity contribution in [3.05, 3.63) is 107 Å². The molecule has 144 valence electrons. The van der Waals surface area contributed by atoms with E-state index in [4.69, 9.17) is 4.74 Å². The van der Waals surface area contributed by atoms with Crippen molar-refractivity contribution in [3.8, 4) is 0 Å². The predicted molar refractivity (Wildman–Crippen MR) is 113 cm³/mol. The number of ketones is 1. The van der Waals surface area contributed by atoms with Gasteiger partial charge in [0.25, 0.3) is 0 Å². The largest absolute Gasteiger partial charge is 0.444 e. The quantitative estimate of drug-likeness (QED) is 0.362. The van der Waals surface area contributed by atoms with Crippen LogP contribution in [0.2, 0.25) is 0 Å². The lowest BCUT2D eigenvalue weighted by Gasteiger charge is -2.17. The van der Waals surface area contributed by atoms with E-state index in [1.54, 1.807) is 18.2 Å². The van der Waals surface area contributed by atoms with Gasteiger partial charge in [-0.3, -0.25) is 4.79 Å². The second-order valence-electron chi connectivity index (χ2n) is 7.20. The van der Waals surface area contributed by atoms with Gasteiger partial charge in [0.2, 0.25) is 5.78 Å². The van der Waals surface area contributed by atoms with Crippen LogP contribution in [0.1, 0.15) is 43.6 Å². The highest BCUT2D eigenvalue weighted by atomic mass is 16.5. The second-order valence-corrected chi connectivity index (χ2v) is 7.20. The molecule has 0 aliphatic carbocycles. The summed E-state index contributed by atoms with van der Waals surface area (Å²) in [6.07, 6.45) is -1.02. The van der Waals surface area contributed by atoms with Crippen LogP contribution in [0, 0.1) is 13.8 Å². The lowest BCUT2D eigenvalue weighted by Crippen LogP contribution is -2.20. The number of carbonyl (C=O) groups excluding carboxylic acids is 2. The van der Waals surface area contributed by atoms with E-state index in [1.807, 2.05) is 74.5 Å². The first kappa shape index (κ1) is 18.7. The Balaban J connectivity index is 1.67. The number of esters is 1. The standard InChI is InChI=1S/C25H21NO3/c1-16-7-11-18(12-8-16)23(27)24(19-13-9-17(2)10-14-19)29-25(28)22-15-20-5-3-4-6-21(20)26-22/h3-15,24,26H,1-2H3/t24-/m0/s1. The number of hydrogen-bond donors (Lipinski definition) is 1. The van der Waals surface area contributed by atoms with Crippen molar-refractivity contribution in [3.63, 3.8) is 0 Å². The van der Waals surface area contributed by atoms with Gasteiger partial charge in [-0.1, -0.05) is 77.9 Å². The first-order chi connectivity index (χ1) is 14.0. The number of rotatable bonds is 5. The van der Waals surface area contributed by atoms with Gasteiger partial charge in [-0.05, 0) is 26.0 Å². The van der Waals surface area contributed by atoms with Crippen molar-refractivity contribution in [2.75, 3.05) is 0 Å². The number of para-hydroxylation sites is 1. The molecule has 1 N–H and O–H groups in total. The number of benzene rings is 3. The summed E-state index contributed by atoms with van der Waals surface area (Å²) in [4.78, 5) is 29.1. The number of aromatic nitrogens is 1. The summed E-state index contributed by atoms with van der Waals surface area (Å²) >= 11 is 0. The highest BCUT2D eigenvalue weighted by molar-refractivity contribution is 6.02. The number of aromatic amines is 1. The topological polar surface area (TPSA) is 59.2 Å². The van der Waals surface area contributed by atoms with Crippen LogP contribution in [0.15, 0.2) is 78.9 Å². The fraction of sp³-hybridized carbons (Fsp3) is 0.120. The molecule has 0 amide bonds. The second kappa shape index (κ2) is 7.76. The van der Waals surface area contributed by atoms with Crippen molar-refractivity contribution in [2.45, 2.75) is 20.0 Å². The first-order valence-corrected chi connectivity index (χ1v) is 9.47. The molecule has 4 aromatic rings. The lowest BCUT2D eigenvalue weighted by molar-refractivity contribution is 0.0275. The molecule has 4 nitrogen and oxygen atoms in total. The van der Waals surface area contributed by atoms with Crippen molar-refractivity contribution in [2.24, 2.45) is 0 Å². The number of ether oxygens (including phenoxy) is 1. The molecule has 4 rings (SSSR count). The van der Waals surface area contributed by atoms with E-state index in [0.29, 0.717) is 16.8 Å². The minimum Gasteiger partial charge on any atom is -0.444 e. The molecule has 0 aliphatic rings. The van der Waals surface area contributed by atoms with Crippen molar-refractivity contribution < 1.29 is 14.3 Å². The van der Waals surface area contributed by atoms with Crippen LogP contribution < -0.4 is 0 Å². The Morgan fingerprint density at radius 3 is 2.10 bits per heavy atom. The average molecular weight is 383 g/mol. The molecule has 0 radical (unpaired) electrons. The molecular weight excluding hydrogens is 362 g/mol. The zero-order valence-electron chi connectivity index (χ0n) is 16.3. The monoisotopic (exact) mass is 383 g/mol. The Morgan fingerprint density at radius 1 is 0.828 bits per heavy atom. The number of H-pyrrole nitrogens is 1. The summed E-state index contributed by atoms with van der Waals surface area (Å²) in [5, 5.41) is 0.913. The summed E-state index contributed by atoms with van der Waals surface area (Å²) in [6.45, 7) is 3.93. The number of nitrogens with one attached hydrogen (secondary N) is 1. The van der Waals surface area contributed by atoms with Crippen LogP contribution in [0.25, 0.3) is 10.9 Å². The summed E-state index contributed by atoms with van der Waals surface area (Å²) in [5.41, 5.74) is 4.44. The van der Waals surface area contributed by atoms with Crippen molar-refractivity contribution >= 4 is 22.7 Å². The van der Waals surface area contributed by atoms with Crippen molar-refractivity contribution in [1.29, 1.82) is 0 Å². The Morgan fingerprint density at radius 2 is 1.45 bits per heavy atom. The van der Waals surface area contributed by atoms with Crippen molar-refractivity contribution in [1.82, 2.24) is 4.98 Å². The van der Waals surface area contributed by atoms with Crippen LogP contribution >= 0.6 is 0 Å². The van der Waals surface area contributed by atoms with Gasteiger partial charge in [-0.15, -0.1) is 0 Å². The van der Waals surface area contributed by atoms with Gasteiger partial charge in [0.1, 0.15) is 5.69 Å². The molecule has 1 heterocycles. The Bertz CT molecular complexity index is 1140. The van der Waals surface area contributed by atoms with Gasteiger partial charge in [0.15, 0.2) is 6.10 Å². The lowest BCUT2D eigenvalue weighted by atomic mass is 9.98. The molecule has 0 fully saturated rings. The van der Waals surface area contributed by atoms with E-state index in [-0.39, 0.29) is 5.78 Å². The van der Waals surface area contributed by atoms with E-state index in [9.17, 15) is 9.59 Å². The Labute approximate surface area is 169 Å². The van der Waals surface area contributed by atoms with Gasteiger partial charge in [0.05, 0.1) is 0 Å². The first-order valence-electron chi connectivity index (χ1n) is 9.47. The highest BCUT2D eigenvalue weighted by Crippen LogP contribution is 2.25. The van der Waals surface area contributed by atoms with E-state index >= 15 is 0 Å². The molecule has 1 atom stereocenters. The van der Waals surface area contributed by atoms with E-state index in [1.165, 1.54) is 0 Å². The molecule has 29 heavy (non-hydrogen) atoms. The van der Waals surface area contributed by atoms with Gasteiger partial charge < -0.3 is 9.72 Å². The molecule has 4 heteroatoms. The van der Waals surface area contributed by atoms with Crippen LogP contribution in [0.5, 0.6) is 0 Å². The number of carbonyl (C=O) groups is 2. The minimum absolute atomic E-state index is 0.252. The fourth-order valence-corrected chi connectivity index (χ4v) is 3.24. The average Bonchev–Trinajstić information content (AvgIpc) is 3.17. The summed E-state index contributed by atoms with van der Waals surface area (Å²) in [5.74, 6) is -0.814. The van der Waals surface area contributed by atoms with Gasteiger partial charge in [-0.25, -0.2) is 4.79 Å². The Kier molecular flexibility index (Phi) is 5.00. The molecule has 1 aromatic heterocycles. The summed E-state index contributed by atoms with van der Waals surface area (Å²) < 4.78 is 5.72. The number of aryl methyl sites for hydroxylation is 2. The molecule has 0 saturated heterocycles. The summed E-state index contributed by atoms with van der Waals surface area (Å²) in [6, 6.07) is 24.1. The molecule has 0 aliphatic heterocycles. The Hall–Kier alpha value is -3.66. The zero-order chi connectivity index (χ0) is 20.4. The predicted octanol–water partition coefficient (Wildman–Crippen LogP) is 5.57. The molecule has 0 bridgehead atoms. The zero-order valence-corrected chi connectivity index (χ0v) is 16.3. The van der Waals surface area contributed by atoms with Crippen LogP contribution in [0.4, 0.5) is 0 Å². The SMILES string of the molecule is Cc1ccc(C(=O)[C@@H](OC(=O)c2cc3ccccc3[nH]2)c2ccc(C)cc2)cc1. The van der Waals surface area contributed by atoms with Gasteiger partial charge in [-0.2, -0.15) is 0 Å². The van der Waals surface area contributed by atoms with E-state index < -0.39 is 12.1 Å². The maximum atomic E-state index is 13.2. The van der Waals surface area contributed by atoms with Crippen LogP contribution in [-0.2, 0) is 4.74 Å². The summed E-state index contributed by atoms with van der Waals surface area (Å²) in [7, 11) is 0. The molecular formula is C25H21NO3. The van der Waals surface area contributed by atoms with Gasteiger partial charge >= 0.3 is 5.97 Å². The smallest absolute Gasteiger partial charge is 0.355 e. The molecule has 0 spiro atoms. The molecule has 0 unspecified atom stereocenters. The third-order valence-electron chi connectivity index (χ3n) is 4.93. The normalized spacial score (nSPS) is 11.9. The number of hydrogen-bond acceptors (Lipinski definition) is 3. The van der Waals surface area contributed by atoms with E-state index in [0.717, 1.165) is 22.0 Å².